The lowest BCUT2D eigenvalue weighted by Crippen LogP contribution is -2.30. The fraction of sp³-hybridized carbons (Fsp3) is 0.316. The number of methoxy groups -OCH3 is 2. The van der Waals surface area contributed by atoms with Crippen LogP contribution in [0, 0.1) is 0 Å². The van der Waals surface area contributed by atoms with Crippen molar-refractivity contribution >= 4 is 17.5 Å². The summed E-state index contributed by atoms with van der Waals surface area (Å²) in [5, 5.41) is 0.371. The van der Waals surface area contributed by atoms with Gasteiger partial charge in [0.2, 0.25) is 0 Å². The Hall–Kier alpha value is -2.20. The minimum Gasteiger partial charge on any atom is -0.493 e. The van der Waals surface area contributed by atoms with E-state index in [1.54, 1.807) is 12.1 Å². The van der Waals surface area contributed by atoms with E-state index in [0.717, 1.165) is 24.9 Å². The highest BCUT2D eigenvalue weighted by Crippen LogP contribution is 2.38. The van der Waals surface area contributed by atoms with Gasteiger partial charge in [-0.2, -0.15) is 0 Å². The van der Waals surface area contributed by atoms with Crippen LogP contribution in [0.1, 0.15) is 34.8 Å². The topological polar surface area (TPSA) is 38.8 Å². The molecule has 1 heterocycles. The molecule has 0 aromatic heterocycles. The van der Waals surface area contributed by atoms with Crippen molar-refractivity contribution in [2.45, 2.75) is 18.9 Å². The van der Waals surface area contributed by atoms with Crippen LogP contribution in [0.5, 0.6) is 11.5 Å². The van der Waals surface area contributed by atoms with Gasteiger partial charge in [-0.3, -0.25) is 4.79 Å². The van der Waals surface area contributed by atoms with Crippen molar-refractivity contribution in [2.24, 2.45) is 0 Å². The summed E-state index contributed by atoms with van der Waals surface area (Å²) in [6.45, 7) is 0.740. The molecule has 3 rings (SSSR count). The molecule has 5 heteroatoms. The van der Waals surface area contributed by atoms with Gasteiger partial charge in [0, 0.05) is 12.1 Å². The average Bonchev–Trinajstić information content (AvgIpc) is 3.10. The van der Waals surface area contributed by atoms with Gasteiger partial charge in [-0.25, -0.2) is 0 Å². The lowest BCUT2D eigenvalue weighted by molar-refractivity contribution is 0.0735. The summed E-state index contributed by atoms with van der Waals surface area (Å²) in [6, 6.07) is 13.6. The molecule has 0 bridgehead atoms. The van der Waals surface area contributed by atoms with E-state index in [1.807, 2.05) is 23.1 Å². The Balaban J connectivity index is 1.92. The van der Waals surface area contributed by atoms with Crippen molar-refractivity contribution < 1.29 is 14.3 Å². The maximum atomic E-state index is 13.0. The van der Waals surface area contributed by atoms with Gasteiger partial charge in [0.25, 0.3) is 5.91 Å². The Morgan fingerprint density at radius 3 is 2.58 bits per heavy atom. The number of nitrogens with zero attached hydrogens (tertiary/aromatic N) is 1. The summed E-state index contributed by atoms with van der Waals surface area (Å²) in [5.41, 5.74) is 1.68. The van der Waals surface area contributed by atoms with Gasteiger partial charge in [-0.1, -0.05) is 41.9 Å². The molecule has 126 valence electrons. The van der Waals surface area contributed by atoms with Crippen LogP contribution in [0.15, 0.2) is 42.5 Å². The summed E-state index contributed by atoms with van der Waals surface area (Å²) >= 11 is 6.24. The lowest BCUT2D eigenvalue weighted by atomic mass is 10.0. The van der Waals surface area contributed by atoms with Crippen LogP contribution in [0.4, 0.5) is 0 Å². The summed E-state index contributed by atoms with van der Waals surface area (Å²) in [5.74, 6) is 0.866. The maximum Gasteiger partial charge on any atom is 0.254 e. The second-order valence-corrected chi connectivity index (χ2v) is 6.17. The largest absolute Gasteiger partial charge is 0.493 e. The number of benzene rings is 2. The number of halogens is 1. The number of hydrogen-bond donors (Lipinski definition) is 0. The molecule has 0 N–H and O–H groups in total. The summed E-state index contributed by atoms with van der Waals surface area (Å²) in [6.07, 6.45) is 1.96. The summed E-state index contributed by atoms with van der Waals surface area (Å²) in [4.78, 5) is 14.9. The first kappa shape index (κ1) is 16.7. The third-order valence-corrected chi connectivity index (χ3v) is 4.66. The second-order valence-electron chi connectivity index (χ2n) is 5.76. The summed E-state index contributed by atoms with van der Waals surface area (Å²) in [7, 11) is 3.06. The highest BCUT2D eigenvalue weighted by molar-refractivity contribution is 6.32. The molecule has 0 radical (unpaired) electrons. The fourth-order valence-electron chi connectivity index (χ4n) is 3.24. The quantitative estimate of drug-likeness (QED) is 0.827. The van der Waals surface area contributed by atoms with Gasteiger partial charge in [-0.15, -0.1) is 0 Å². The zero-order chi connectivity index (χ0) is 17.1. The smallest absolute Gasteiger partial charge is 0.254 e. The van der Waals surface area contributed by atoms with Crippen LogP contribution in [-0.4, -0.2) is 31.6 Å². The SMILES string of the molecule is COc1cc(C(=O)N2CCCC2c2ccccc2)cc(Cl)c1OC. The van der Waals surface area contributed by atoms with Gasteiger partial charge in [0.1, 0.15) is 0 Å². The first-order valence-electron chi connectivity index (χ1n) is 7.93. The number of likely N-dealkylation sites (tertiary alicyclic amines) is 1. The molecule has 1 amide bonds. The van der Waals surface area contributed by atoms with Crippen LogP contribution in [0.3, 0.4) is 0 Å². The molecule has 1 aliphatic heterocycles. The zero-order valence-corrected chi connectivity index (χ0v) is 14.5. The first-order valence-corrected chi connectivity index (χ1v) is 8.31. The van der Waals surface area contributed by atoms with E-state index in [4.69, 9.17) is 21.1 Å². The molecular weight excluding hydrogens is 326 g/mol. The van der Waals surface area contributed by atoms with Crippen molar-refractivity contribution in [3.8, 4) is 11.5 Å². The Labute approximate surface area is 146 Å². The molecular formula is C19H20ClNO3. The van der Waals surface area contributed by atoms with E-state index >= 15 is 0 Å². The summed E-state index contributed by atoms with van der Waals surface area (Å²) < 4.78 is 10.5. The van der Waals surface area contributed by atoms with E-state index in [0.29, 0.717) is 22.1 Å². The van der Waals surface area contributed by atoms with E-state index in [1.165, 1.54) is 14.2 Å². The Kier molecular flexibility index (Phi) is 4.95. The van der Waals surface area contributed by atoms with Crippen molar-refractivity contribution in [1.29, 1.82) is 0 Å². The number of rotatable bonds is 4. The molecule has 2 aromatic carbocycles. The molecule has 0 spiro atoms. The molecule has 1 atom stereocenters. The lowest BCUT2D eigenvalue weighted by Gasteiger charge is -2.25. The predicted molar refractivity (Wildman–Crippen MR) is 94.0 cm³/mol. The molecule has 24 heavy (non-hydrogen) atoms. The van der Waals surface area contributed by atoms with Crippen LogP contribution >= 0.6 is 11.6 Å². The number of ether oxygens (including phenoxy) is 2. The zero-order valence-electron chi connectivity index (χ0n) is 13.8. The van der Waals surface area contributed by atoms with Gasteiger partial charge in [0.15, 0.2) is 11.5 Å². The highest BCUT2D eigenvalue weighted by Gasteiger charge is 2.31. The third kappa shape index (κ3) is 3.06. The van der Waals surface area contributed by atoms with Crippen molar-refractivity contribution in [3.05, 3.63) is 58.6 Å². The molecule has 1 fully saturated rings. The first-order chi connectivity index (χ1) is 11.7. The van der Waals surface area contributed by atoms with E-state index in [2.05, 4.69) is 12.1 Å². The minimum absolute atomic E-state index is 0.0378. The van der Waals surface area contributed by atoms with Crippen molar-refractivity contribution in [3.63, 3.8) is 0 Å². The Morgan fingerprint density at radius 2 is 1.92 bits per heavy atom. The standard InChI is InChI=1S/C19H20ClNO3/c1-23-17-12-14(11-15(20)18(17)24-2)19(22)21-10-6-9-16(21)13-7-4-3-5-8-13/h3-5,7-8,11-12,16H,6,9-10H2,1-2H3. The molecule has 1 saturated heterocycles. The molecule has 1 aliphatic rings. The Bertz CT molecular complexity index is 733. The van der Waals surface area contributed by atoms with Crippen LogP contribution in [0.25, 0.3) is 0 Å². The molecule has 2 aromatic rings. The number of carbonyl (C=O) groups is 1. The van der Waals surface area contributed by atoms with Crippen molar-refractivity contribution in [1.82, 2.24) is 4.90 Å². The van der Waals surface area contributed by atoms with Crippen LogP contribution in [-0.2, 0) is 0 Å². The molecule has 4 nitrogen and oxygen atoms in total. The van der Waals surface area contributed by atoms with Crippen LogP contribution < -0.4 is 9.47 Å². The number of amides is 1. The van der Waals surface area contributed by atoms with Crippen LogP contribution in [0.2, 0.25) is 5.02 Å². The average molecular weight is 346 g/mol. The maximum absolute atomic E-state index is 13.0. The van der Waals surface area contributed by atoms with E-state index in [9.17, 15) is 4.79 Å². The normalized spacial score (nSPS) is 17.0. The predicted octanol–water partition coefficient (Wildman–Crippen LogP) is 4.33. The van der Waals surface area contributed by atoms with E-state index in [-0.39, 0.29) is 11.9 Å². The fourth-order valence-corrected chi connectivity index (χ4v) is 3.53. The highest BCUT2D eigenvalue weighted by atomic mass is 35.5. The van der Waals surface area contributed by atoms with Gasteiger partial charge in [-0.05, 0) is 30.5 Å². The van der Waals surface area contributed by atoms with Gasteiger partial charge < -0.3 is 14.4 Å². The minimum atomic E-state index is -0.0378. The van der Waals surface area contributed by atoms with E-state index < -0.39 is 0 Å². The third-order valence-electron chi connectivity index (χ3n) is 4.38. The second kappa shape index (κ2) is 7.14. The monoisotopic (exact) mass is 345 g/mol. The molecule has 0 aliphatic carbocycles. The number of hydrogen-bond acceptors (Lipinski definition) is 3. The number of carbonyl (C=O) groups excluding carboxylic acids is 1. The van der Waals surface area contributed by atoms with Gasteiger partial charge in [0.05, 0.1) is 25.3 Å². The molecule has 0 saturated carbocycles. The van der Waals surface area contributed by atoms with Gasteiger partial charge >= 0.3 is 0 Å². The van der Waals surface area contributed by atoms with Crippen molar-refractivity contribution in [2.75, 3.05) is 20.8 Å². The Morgan fingerprint density at radius 1 is 1.17 bits per heavy atom. The molecule has 1 unspecified atom stereocenters.